The average molecular weight is 248 g/mol. The van der Waals surface area contributed by atoms with Gasteiger partial charge < -0.3 is 14.9 Å². The molecule has 1 aliphatic heterocycles. The van der Waals surface area contributed by atoms with Gasteiger partial charge in [0, 0.05) is 32.2 Å². The molecule has 0 aromatic heterocycles. The summed E-state index contributed by atoms with van der Waals surface area (Å²) in [5.74, 6) is 0. The van der Waals surface area contributed by atoms with Gasteiger partial charge in [-0.1, -0.05) is 24.3 Å². The van der Waals surface area contributed by atoms with E-state index in [1.54, 1.807) is 12.1 Å². The van der Waals surface area contributed by atoms with E-state index in [9.17, 15) is 0 Å². The summed E-state index contributed by atoms with van der Waals surface area (Å²) in [6, 6.07) is 7.91. The topological polar surface area (TPSA) is 46.9 Å². The maximum Gasteiger partial charge on any atom is 0.488 e. The van der Waals surface area contributed by atoms with Crippen molar-refractivity contribution in [2.45, 2.75) is 13.0 Å². The highest BCUT2D eigenvalue weighted by molar-refractivity contribution is 6.58. The van der Waals surface area contributed by atoms with Crippen LogP contribution in [0.1, 0.15) is 18.5 Å². The van der Waals surface area contributed by atoms with Crippen LogP contribution in [0.3, 0.4) is 0 Å². The Morgan fingerprint density at radius 2 is 1.61 bits per heavy atom. The zero-order valence-corrected chi connectivity index (χ0v) is 11.1. The van der Waals surface area contributed by atoms with Gasteiger partial charge in [-0.05, 0) is 25.0 Å². The summed E-state index contributed by atoms with van der Waals surface area (Å²) >= 11 is 0. The van der Waals surface area contributed by atoms with E-state index in [1.807, 2.05) is 12.1 Å². The minimum Gasteiger partial charge on any atom is -0.423 e. The third kappa shape index (κ3) is 3.11. The molecule has 0 saturated carbocycles. The van der Waals surface area contributed by atoms with Crippen LogP contribution < -0.4 is 5.46 Å². The van der Waals surface area contributed by atoms with Gasteiger partial charge in [0.1, 0.15) is 0 Å². The molecule has 0 bridgehead atoms. The lowest BCUT2D eigenvalue weighted by molar-refractivity contribution is 0.119. The molecule has 18 heavy (non-hydrogen) atoms. The Balaban J connectivity index is 2.02. The van der Waals surface area contributed by atoms with Gasteiger partial charge in [0.15, 0.2) is 0 Å². The zero-order valence-electron chi connectivity index (χ0n) is 11.1. The van der Waals surface area contributed by atoms with Gasteiger partial charge >= 0.3 is 7.12 Å². The lowest BCUT2D eigenvalue weighted by Gasteiger charge is -2.36. The molecule has 2 N–H and O–H groups in total. The maximum absolute atomic E-state index is 9.07. The van der Waals surface area contributed by atoms with Crippen molar-refractivity contribution < 1.29 is 10.0 Å². The maximum atomic E-state index is 9.07. The number of hydrogen-bond acceptors (Lipinski definition) is 4. The Morgan fingerprint density at radius 1 is 1.06 bits per heavy atom. The third-order valence-electron chi connectivity index (χ3n) is 3.80. The van der Waals surface area contributed by atoms with Gasteiger partial charge in [0.25, 0.3) is 0 Å². The van der Waals surface area contributed by atoms with Crippen LogP contribution in [0, 0.1) is 0 Å². The van der Waals surface area contributed by atoms with Crippen molar-refractivity contribution in [1.29, 1.82) is 0 Å². The molecule has 2 rings (SSSR count). The van der Waals surface area contributed by atoms with E-state index in [-0.39, 0.29) is 0 Å². The first-order chi connectivity index (χ1) is 8.58. The second-order valence-corrected chi connectivity index (χ2v) is 5.06. The third-order valence-corrected chi connectivity index (χ3v) is 3.80. The second kappa shape index (κ2) is 5.84. The van der Waals surface area contributed by atoms with Crippen molar-refractivity contribution >= 4 is 12.6 Å². The number of piperazine rings is 1. The quantitative estimate of drug-likeness (QED) is 0.719. The van der Waals surface area contributed by atoms with Crippen molar-refractivity contribution in [1.82, 2.24) is 9.80 Å². The molecule has 1 atom stereocenters. The van der Waals surface area contributed by atoms with Crippen LogP contribution in [0.5, 0.6) is 0 Å². The van der Waals surface area contributed by atoms with Gasteiger partial charge in [-0.3, -0.25) is 4.90 Å². The molecule has 1 fully saturated rings. The molecule has 1 aliphatic rings. The minimum atomic E-state index is -1.38. The van der Waals surface area contributed by atoms with Crippen molar-refractivity contribution in [2.75, 3.05) is 33.2 Å². The predicted molar refractivity (Wildman–Crippen MR) is 73.8 cm³/mol. The minimum absolute atomic E-state index is 0.378. The fourth-order valence-corrected chi connectivity index (χ4v) is 2.37. The highest BCUT2D eigenvalue weighted by Gasteiger charge is 2.20. The molecule has 0 spiro atoms. The normalized spacial score (nSPS) is 19.8. The van der Waals surface area contributed by atoms with Crippen LogP contribution in [-0.2, 0) is 0 Å². The van der Waals surface area contributed by atoms with E-state index in [0.29, 0.717) is 11.5 Å². The van der Waals surface area contributed by atoms with Crippen molar-refractivity contribution in [3.63, 3.8) is 0 Å². The molecular formula is C13H21BN2O2. The summed E-state index contributed by atoms with van der Waals surface area (Å²) in [6.45, 7) is 6.59. The molecule has 0 aliphatic carbocycles. The van der Waals surface area contributed by atoms with Gasteiger partial charge in [0.2, 0.25) is 0 Å². The SMILES string of the molecule is C[C@H](c1ccc(B(O)O)cc1)N1CCN(C)CC1. The van der Waals surface area contributed by atoms with Crippen molar-refractivity contribution in [2.24, 2.45) is 0 Å². The van der Waals surface area contributed by atoms with E-state index in [0.717, 1.165) is 26.2 Å². The molecule has 1 saturated heterocycles. The van der Waals surface area contributed by atoms with Crippen molar-refractivity contribution in [3.05, 3.63) is 29.8 Å². The lowest BCUT2D eigenvalue weighted by Crippen LogP contribution is -2.45. The van der Waals surface area contributed by atoms with Crippen LogP contribution in [0.25, 0.3) is 0 Å². The van der Waals surface area contributed by atoms with E-state index in [4.69, 9.17) is 10.0 Å². The van der Waals surface area contributed by atoms with E-state index in [2.05, 4.69) is 23.8 Å². The Morgan fingerprint density at radius 3 is 2.11 bits per heavy atom. The van der Waals surface area contributed by atoms with E-state index < -0.39 is 7.12 Å². The summed E-state index contributed by atoms with van der Waals surface area (Å²) in [5, 5.41) is 18.1. The summed E-state index contributed by atoms with van der Waals surface area (Å²) in [4.78, 5) is 4.80. The predicted octanol–water partition coefficient (Wildman–Crippen LogP) is -0.325. The molecular weight excluding hydrogens is 227 g/mol. The molecule has 5 heteroatoms. The van der Waals surface area contributed by atoms with Crippen LogP contribution in [0.4, 0.5) is 0 Å². The lowest BCUT2D eigenvalue weighted by atomic mass is 9.80. The highest BCUT2D eigenvalue weighted by Crippen LogP contribution is 2.20. The molecule has 0 amide bonds. The summed E-state index contributed by atoms with van der Waals surface area (Å²) in [7, 11) is 0.775. The molecule has 4 nitrogen and oxygen atoms in total. The molecule has 1 heterocycles. The van der Waals surface area contributed by atoms with Crippen LogP contribution in [0.2, 0.25) is 0 Å². The first kappa shape index (κ1) is 13.6. The first-order valence-corrected chi connectivity index (χ1v) is 6.46. The largest absolute Gasteiger partial charge is 0.488 e. The Bertz CT molecular complexity index is 375. The summed E-state index contributed by atoms with van der Waals surface area (Å²) < 4.78 is 0. The summed E-state index contributed by atoms with van der Waals surface area (Å²) in [5.41, 5.74) is 1.77. The monoisotopic (exact) mass is 248 g/mol. The number of likely N-dealkylation sites (N-methyl/N-ethyl adjacent to an activating group) is 1. The number of benzene rings is 1. The summed E-state index contributed by atoms with van der Waals surface area (Å²) in [6.07, 6.45) is 0. The van der Waals surface area contributed by atoms with Gasteiger partial charge in [0.05, 0.1) is 0 Å². The van der Waals surface area contributed by atoms with Crippen LogP contribution in [0.15, 0.2) is 24.3 Å². The van der Waals surface area contributed by atoms with Gasteiger partial charge in [-0.2, -0.15) is 0 Å². The number of rotatable bonds is 3. The standard InChI is InChI=1S/C13H21BN2O2/c1-11(16-9-7-15(2)8-10-16)12-3-5-13(6-4-12)14(17)18/h3-6,11,17-18H,7-10H2,1-2H3/t11-/m1/s1. The van der Waals surface area contributed by atoms with Gasteiger partial charge in [-0.25, -0.2) is 0 Å². The molecule has 1 aromatic rings. The van der Waals surface area contributed by atoms with E-state index >= 15 is 0 Å². The Labute approximate surface area is 109 Å². The van der Waals surface area contributed by atoms with Crippen molar-refractivity contribution in [3.8, 4) is 0 Å². The Hall–Kier alpha value is -0.875. The molecule has 98 valence electrons. The number of hydrogen-bond donors (Lipinski definition) is 2. The zero-order chi connectivity index (χ0) is 13.1. The van der Waals surface area contributed by atoms with Gasteiger partial charge in [-0.15, -0.1) is 0 Å². The van der Waals surface area contributed by atoms with Crippen LogP contribution in [-0.4, -0.2) is 60.2 Å². The molecule has 0 radical (unpaired) electrons. The number of nitrogens with zero attached hydrogens (tertiary/aromatic N) is 2. The van der Waals surface area contributed by atoms with E-state index in [1.165, 1.54) is 5.56 Å². The second-order valence-electron chi connectivity index (χ2n) is 5.06. The molecule has 1 aromatic carbocycles. The smallest absolute Gasteiger partial charge is 0.423 e. The Kier molecular flexibility index (Phi) is 4.40. The average Bonchev–Trinajstić information content (AvgIpc) is 2.39. The van der Waals surface area contributed by atoms with Crippen LogP contribution >= 0.6 is 0 Å². The first-order valence-electron chi connectivity index (χ1n) is 6.46. The fourth-order valence-electron chi connectivity index (χ4n) is 2.37. The highest BCUT2D eigenvalue weighted by atomic mass is 16.4. The fraction of sp³-hybridized carbons (Fsp3) is 0.538. The molecule has 0 unspecified atom stereocenters.